The lowest BCUT2D eigenvalue weighted by Gasteiger charge is -2.22. The smallest absolute Gasteiger partial charge is 0.335 e. The normalized spacial score (nSPS) is 11.6. The lowest BCUT2D eigenvalue weighted by molar-refractivity contribution is 0.0695. The Morgan fingerprint density at radius 2 is 1.42 bits per heavy atom. The number of ether oxygens (including phenoxy) is 2. The van der Waals surface area contributed by atoms with Crippen molar-refractivity contribution in [3.05, 3.63) is 95.1 Å². The molecule has 1 atom stereocenters. The van der Waals surface area contributed by atoms with Gasteiger partial charge in [0.05, 0.1) is 19.8 Å². The predicted octanol–water partition coefficient (Wildman–Crippen LogP) is 4.58. The zero-order chi connectivity index (χ0) is 18.5. The molecule has 0 saturated carbocycles. The van der Waals surface area contributed by atoms with E-state index in [1.54, 1.807) is 26.4 Å². The maximum Gasteiger partial charge on any atom is 0.335 e. The molecule has 3 aromatic carbocycles. The number of aromatic carboxylic acids is 1. The minimum atomic E-state index is -0.950. The first-order valence-corrected chi connectivity index (χ1v) is 8.24. The van der Waals surface area contributed by atoms with Gasteiger partial charge in [-0.05, 0) is 35.4 Å². The fraction of sp³-hybridized carbons (Fsp3) is 0.136. The summed E-state index contributed by atoms with van der Waals surface area (Å²) >= 11 is 0. The van der Waals surface area contributed by atoms with E-state index in [1.807, 2.05) is 60.7 Å². The van der Waals surface area contributed by atoms with Crippen LogP contribution in [0.2, 0.25) is 0 Å². The molecule has 0 aliphatic carbocycles. The van der Waals surface area contributed by atoms with E-state index in [2.05, 4.69) is 0 Å². The second kappa shape index (κ2) is 7.74. The topological polar surface area (TPSA) is 55.8 Å². The molecule has 26 heavy (non-hydrogen) atoms. The molecule has 0 fully saturated rings. The number of hydrogen-bond acceptors (Lipinski definition) is 3. The van der Waals surface area contributed by atoms with Crippen molar-refractivity contribution in [2.45, 2.75) is 5.92 Å². The van der Waals surface area contributed by atoms with Crippen LogP contribution in [0.1, 0.15) is 33.0 Å². The van der Waals surface area contributed by atoms with Crippen molar-refractivity contribution in [2.75, 3.05) is 14.2 Å². The first kappa shape index (κ1) is 17.5. The third kappa shape index (κ3) is 3.40. The SMILES string of the molecule is COc1ccc([C@@H](c2ccccc2OC)c2ccccc2C(=O)O)cc1. The van der Waals surface area contributed by atoms with Gasteiger partial charge in [-0.2, -0.15) is 0 Å². The van der Waals surface area contributed by atoms with Gasteiger partial charge in [0.1, 0.15) is 11.5 Å². The molecule has 0 unspecified atom stereocenters. The van der Waals surface area contributed by atoms with Crippen molar-refractivity contribution in [1.82, 2.24) is 0 Å². The number of carboxylic acid groups (broad SMARTS) is 1. The molecule has 3 aromatic rings. The summed E-state index contributed by atoms with van der Waals surface area (Å²) < 4.78 is 10.8. The zero-order valence-electron chi connectivity index (χ0n) is 14.7. The number of rotatable bonds is 6. The Labute approximate surface area is 152 Å². The Kier molecular flexibility index (Phi) is 5.23. The van der Waals surface area contributed by atoms with Crippen LogP contribution in [0.15, 0.2) is 72.8 Å². The van der Waals surface area contributed by atoms with Crippen LogP contribution < -0.4 is 9.47 Å². The largest absolute Gasteiger partial charge is 0.497 e. The van der Waals surface area contributed by atoms with Crippen molar-refractivity contribution >= 4 is 5.97 Å². The van der Waals surface area contributed by atoms with Gasteiger partial charge in [0, 0.05) is 11.5 Å². The fourth-order valence-electron chi connectivity index (χ4n) is 3.17. The molecule has 3 rings (SSSR count). The van der Waals surface area contributed by atoms with Crippen molar-refractivity contribution in [2.24, 2.45) is 0 Å². The summed E-state index contributed by atoms with van der Waals surface area (Å²) in [5.41, 5.74) is 2.87. The van der Waals surface area contributed by atoms with E-state index in [0.29, 0.717) is 5.75 Å². The van der Waals surface area contributed by atoms with Gasteiger partial charge >= 0.3 is 5.97 Å². The average Bonchev–Trinajstić information content (AvgIpc) is 2.69. The molecule has 0 aliphatic rings. The van der Waals surface area contributed by atoms with Gasteiger partial charge in [0.25, 0.3) is 0 Å². The number of carboxylic acids is 1. The second-order valence-corrected chi connectivity index (χ2v) is 5.84. The van der Waals surface area contributed by atoms with E-state index >= 15 is 0 Å². The standard InChI is InChI=1S/C22H20O4/c1-25-16-13-11-15(12-14-16)21(19-9-5-6-10-20(19)26-2)17-7-3-4-8-18(17)22(23)24/h3-14,21H,1-2H3,(H,23,24)/t21-/m1/s1. The highest BCUT2D eigenvalue weighted by Crippen LogP contribution is 2.39. The van der Waals surface area contributed by atoms with E-state index in [9.17, 15) is 9.90 Å². The Morgan fingerprint density at radius 1 is 0.808 bits per heavy atom. The molecule has 0 radical (unpaired) electrons. The molecule has 0 aliphatic heterocycles. The minimum absolute atomic E-state index is 0.274. The summed E-state index contributed by atoms with van der Waals surface area (Å²) in [6.45, 7) is 0. The quantitative estimate of drug-likeness (QED) is 0.662. The van der Waals surface area contributed by atoms with Crippen LogP contribution in [0.25, 0.3) is 0 Å². The molecule has 0 spiro atoms. The van der Waals surface area contributed by atoms with Gasteiger partial charge in [-0.15, -0.1) is 0 Å². The maximum absolute atomic E-state index is 11.8. The lowest BCUT2D eigenvalue weighted by Crippen LogP contribution is -2.11. The number of carbonyl (C=O) groups is 1. The maximum atomic E-state index is 11.8. The highest BCUT2D eigenvalue weighted by Gasteiger charge is 2.24. The molecule has 1 N–H and O–H groups in total. The van der Waals surface area contributed by atoms with Gasteiger partial charge in [0.2, 0.25) is 0 Å². The summed E-state index contributed by atoms with van der Waals surface area (Å²) in [6.07, 6.45) is 0. The average molecular weight is 348 g/mol. The molecule has 0 heterocycles. The number of methoxy groups -OCH3 is 2. The molecule has 0 aromatic heterocycles. The van der Waals surface area contributed by atoms with E-state index in [0.717, 1.165) is 22.4 Å². The number of para-hydroxylation sites is 1. The molecule has 132 valence electrons. The van der Waals surface area contributed by atoms with Gasteiger partial charge in [-0.1, -0.05) is 48.5 Å². The molecular formula is C22H20O4. The number of benzene rings is 3. The third-order valence-corrected chi connectivity index (χ3v) is 4.40. The van der Waals surface area contributed by atoms with Crippen LogP contribution in [0.4, 0.5) is 0 Å². The van der Waals surface area contributed by atoms with Crippen molar-refractivity contribution < 1.29 is 19.4 Å². The lowest BCUT2D eigenvalue weighted by atomic mass is 9.82. The highest BCUT2D eigenvalue weighted by atomic mass is 16.5. The Balaban J connectivity index is 2.24. The molecule has 4 nitrogen and oxygen atoms in total. The summed E-state index contributed by atoms with van der Waals surface area (Å²) in [6, 6.07) is 22.4. The van der Waals surface area contributed by atoms with Crippen LogP contribution in [-0.4, -0.2) is 25.3 Å². The summed E-state index contributed by atoms with van der Waals surface area (Å²) in [4.78, 5) is 11.8. The van der Waals surface area contributed by atoms with Crippen LogP contribution in [0, 0.1) is 0 Å². The Morgan fingerprint density at radius 3 is 2.04 bits per heavy atom. The van der Waals surface area contributed by atoms with E-state index in [-0.39, 0.29) is 11.5 Å². The zero-order valence-corrected chi connectivity index (χ0v) is 14.7. The molecule has 0 bridgehead atoms. The third-order valence-electron chi connectivity index (χ3n) is 4.40. The fourth-order valence-corrected chi connectivity index (χ4v) is 3.17. The monoisotopic (exact) mass is 348 g/mol. The molecule has 0 saturated heterocycles. The Bertz CT molecular complexity index is 900. The van der Waals surface area contributed by atoms with Crippen molar-refractivity contribution in [1.29, 1.82) is 0 Å². The van der Waals surface area contributed by atoms with Gasteiger partial charge < -0.3 is 14.6 Å². The predicted molar refractivity (Wildman–Crippen MR) is 100 cm³/mol. The summed E-state index contributed by atoms with van der Waals surface area (Å²) in [7, 11) is 3.24. The first-order chi connectivity index (χ1) is 12.7. The second-order valence-electron chi connectivity index (χ2n) is 5.84. The Hall–Kier alpha value is -3.27. The minimum Gasteiger partial charge on any atom is -0.497 e. The van der Waals surface area contributed by atoms with E-state index in [1.165, 1.54) is 0 Å². The van der Waals surface area contributed by atoms with E-state index in [4.69, 9.17) is 9.47 Å². The van der Waals surface area contributed by atoms with Crippen LogP contribution in [0.3, 0.4) is 0 Å². The van der Waals surface area contributed by atoms with Gasteiger partial charge in [-0.25, -0.2) is 4.79 Å². The van der Waals surface area contributed by atoms with E-state index < -0.39 is 5.97 Å². The summed E-state index contributed by atoms with van der Waals surface area (Å²) in [5.74, 6) is 0.242. The molecular weight excluding hydrogens is 328 g/mol. The molecule has 0 amide bonds. The van der Waals surface area contributed by atoms with Crippen LogP contribution >= 0.6 is 0 Å². The first-order valence-electron chi connectivity index (χ1n) is 8.24. The highest BCUT2D eigenvalue weighted by molar-refractivity contribution is 5.90. The van der Waals surface area contributed by atoms with Crippen LogP contribution in [0.5, 0.6) is 11.5 Å². The summed E-state index contributed by atoms with van der Waals surface area (Å²) in [5, 5.41) is 9.67. The van der Waals surface area contributed by atoms with Crippen molar-refractivity contribution in [3.63, 3.8) is 0 Å². The van der Waals surface area contributed by atoms with Crippen LogP contribution in [-0.2, 0) is 0 Å². The number of hydrogen-bond donors (Lipinski definition) is 1. The molecule has 4 heteroatoms. The van der Waals surface area contributed by atoms with Crippen molar-refractivity contribution in [3.8, 4) is 11.5 Å². The van der Waals surface area contributed by atoms with Gasteiger partial charge in [-0.3, -0.25) is 0 Å². The van der Waals surface area contributed by atoms with Gasteiger partial charge in [0.15, 0.2) is 0 Å².